The molecule has 2 aromatic rings. The number of H-pyrrole nitrogens is 1. The molecule has 6 nitrogen and oxygen atoms in total. The molecule has 0 bridgehead atoms. The molecule has 1 amide bonds. The van der Waals surface area contributed by atoms with Crippen LogP contribution in [0.4, 0.5) is 11.6 Å². The number of carbonyl (C=O) groups is 1. The largest absolute Gasteiger partial charge is 0.375 e. The number of imidazole rings is 1. The molecule has 0 radical (unpaired) electrons. The Morgan fingerprint density at radius 2 is 2.44 bits per heavy atom. The van der Waals surface area contributed by atoms with Crippen molar-refractivity contribution in [3.05, 3.63) is 18.2 Å². The van der Waals surface area contributed by atoms with Crippen LogP contribution in [0.3, 0.4) is 0 Å². The monoisotopic (exact) mass is 220 g/mol. The van der Waals surface area contributed by atoms with Gasteiger partial charge in [-0.05, 0) is 18.2 Å². The molecule has 2 rings (SSSR count). The van der Waals surface area contributed by atoms with Gasteiger partial charge in [0.25, 0.3) is 0 Å². The molecular formula is C10H12N4O2. The number of benzene rings is 1. The number of nitrogen functional groups attached to an aromatic ring is 1. The molecule has 1 aromatic heterocycles. The number of nitrogens with one attached hydrogen (secondary N) is 2. The third kappa shape index (κ3) is 2.12. The van der Waals surface area contributed by atoms with Crippen LogP contribution in [-0.2, 0) is 9.53 Å². The van der Waals surface area contributed by atoms with Gasteiger partial charge in [-0.15, -0.1) is 0 Å². The number of aromatic nitrogens is 2. The number of hydrogen-bond donors (Lipinski definition) is 3. The lowest BCUT2D eigenvalue weighted by molar-refractivity contribution is -0.119. The van der Waals surface area contributed by atoms with Crippen molar-refractivity contribution in [2.45, 2.75) is 0 Å². The van der Waals surface area contributed by atoms with E-state index in [4.69, 9.17) is 10.5 Å². The first-order chi connectivity index (χ1) is 7.69. The summed E-state index contributed by atoms with van der Waals surface area (Å²) in [4.78, 5) is 18.2. The first kappa shape index (κ1) is 10.4. The second kappa shape index (κ2) is 4.19. The molecule has 0 aliphatic heterocycles. The summed E-state index contributed by atoms with van der Waals surface area (Å²) >= 11 is 0. The van der Waals surface area contributed by atoms with Crippen LogP contribution >= 0.6 is 0 Å². The highest BCUT2D eigenvalue weighted by molar-refractivity contribution is 5.94. The van der Waals surface area contributed by atoms with Crippen molar-refractivity contribution in [2.75, 3.05) is 24.8 Å². The van der Waals surface area contributed by atoms with Crippen LogP contribution < -0.4 is 11.1 Å². The Bertz CT molecular complexity index is 521. The summed E-state index contributed by atoms with van der Waals surface area (Å²) < 4.78 is 4.72. The van der Waals surface area contributed by atoms with E-state index in [1.165, 1.54) is 7.11 Å². The highest BCUT2D eigenvalue weighted by atomic mass is 16.5. The second-order valence-electron chi connectivity index (χ2n) is 3.34. The predicted octanol–water partition coefficient (Wildman–Crippen LogP) is 0.730. The van der Waals surface area contributed by atoms with E-state index < -0.39 is 0 Å². The van der Waals surface area contributed by atoms with Crippen molar-refractivity contribution in [1.29, 1.82) is 0 Å². The minimum Gasteiger partial charge on any atom is -0.375 e. The Morgan fingerprint density at radius 3 is 3.19 bits per heavy atom. The summed E-state index contributed by atoms with van der Waals surface area (Å²) in [5.41, 5.74) is 7.75. The normalized spacial score (nSPS) is 10.6. The molecule has 0 fully saturated rings. The third-order valence-electron chi connectivity index (χ3n) is 2.06. The van der Waals surface area contributed by atoms with Crippen molar-refractivity contribution in [1.82, 2.24) is 9.97 Å². The van der Waals surface area contributed by atoms with E-state index >= 15 is 0 Å². The molecule has 0 aliphatic carbocycles. The van der Waals surface area contributed by atoms with Crippen molar-refractivity contribution in [3.63, 3.8) is 0 Å². The molecule has 84 valence electrons. The van der Waals surface area contributed by atoms with Gasteiger partial charge < -0.3 is 20.8 Å². The summed E-state index contributed by atoms with van der Waals surface area (Å²) in [6.45, 7) is 0.0309. The highest BCUT2D eigenvalue weighted by Gasteiger charge is 2.04. The molecule has 1 aromatic carbocycles. The van der Waals surface area contributed by atoms with Crippen LogP contribution in [0.1, 0.15) is 0 Å². The summed E-state index contributed by atoms with van der Waals surface area (Å²) in [7, 11) is 1.47. The summed E-state index contributed by atoms with van der Waals surface area (Å²) in [6.07, 6.45) is 0. The SMILES string of the molecule is COCC(=O)Nc1ccc2nc(N)[nH]c2c1. The zero-order valence-corrected chi connectivity index (χ0v) is 8.78. The van der Waals surface area contributed by atoms with E-state index in [-0.39, 0.29) is 12.5 Å². The van der Waals surface area contributed by atoms with Gasteiger partial charge in [0.15, 0.2) is 5.95 Å². The number of nitrogens with zero attached hydrogens (tertiary/aromatic N) is 1. The van der Waals surface area contributed by atoms with Gasteiger partial charge in [-0.1, -0.05) is 0 Å². The highest BCUT2D eigenvalue weighted by Crippen LogP contribution is 2.17. The van der Waals surface area contributed by atoms with Crippen molar-refractivity contribution in [2.24, 2.45) is 0 Å². The van der Waals surface area contributed by atoms with Crippen LogP contribution in [0.5, 0.6) is 0 Å². The number of aromatic amines is 1. The van der Waals surface area contributed by atoms with E-state index in [1.54, 1.807) is 18.2 Å². The van der Waals surface area contributed by atoms with E-state index in [9.17, 15) is 4.79 Å². The van der Waals surface area contributed by atoms with Crippen LogP contribution in [0, 0.1) is 0 Å². The molecule has 6 heteroatoms. The minimum absolute atomic E-state index is 0.0309. The van der Waals surface area contributed by atoms with Gasteiger partial charge in [-0.25, -0.2) is 4.98 Å². The molecule has 4 N–H and O–H groups in total. The minimum atomic E-state index is -0.200. The standard InChI is InChI=1S/C10H12N4O2/c1-16-5-9(15)12-6-2-3-7-8(4-6)14-10(11)13-7/h2-4H,5H2,1H3,(H,12,15)(H3,11,13,14). The number of nitrogens with two attached hydrogens (primary N) is 1. The van der Waals surface area contributed by atoms with Crippen LogP contribution in [-0.4, -0.2) is 29.6 Å². The average molecular weight is 220 g/mol. The molecule has 1 heterocycles. The fourth-order valence-electron chi connectivity index (χ4n) is 1.44. The van der Waals surface area contributed by atoms with Crippen LogP contribution in [0.25, 0.3) is 11.0 Å². The Morgan fingerprint density at radius 1 is 1.62 bits per heavy atom. The number of amides is 1. The zero-order valence-electron chi connectivity index (χ0n) is 8.78. The third-order valence-corrected chi connectivity index (χ3v) is 2.06. The quantitative estimate of drug-likeness (QED) is 0.710. The van der Waals surface area contributed by atoms with Gasteiger partial charge in [0.2, 0.25) is 5.91 Å². The maximum Gasteiger partial charge on any atom is 0.250 e. The fourth-order valence-corrected chi connectivity index (χ4v) is 1.44. The van der Waals surface area contributed by atoms with Crippen molar-refractivity contribution >= 4 is 28.6 Å². The molecule has 0 spiro atoms. The Kier molecular flexibility index (Phi) is 2.74. The average Bonchev–Trinajstić information content (AvgIpc) is 2.57. The maximum atomic E-state index is 11.3. The molecule has 0 saturated heterocycles. The van der Waals surface area contributed by atoms with Gasteiger partial charge in [0.1, 0.15) is 6.61 Å². The van der Waals surface area contributed by atoms with Gasteiger partial charge in [0.05, 0.1) is 11.0 Å². The predicted molar refractivity (Wildman–Crippen MR) is 61.0 cm³/mol. The summed E-state index contributed by atoms with van der Waals surface area (Å²) in [5.74, 6) is 0.157. The molecular weight excluding hydrogens is 208 g/mol. The lowest BCUT2D eigenvalue weighted by Crippen LogP contribution is -2.16. The van der Waals surface area contributed by atoms with E-state index in [0.29, 0.717) is 11.6 Å². The molecule has 0 atom stereocenters. The summed E-state index contributed by atoms with van der Waals surface area (Å²) in [6, 6.07) is 5.31. The molecule has 0 aliphatic rings. The number of anilines is 2. The lowest BCUT2D eigenvalue weighted by Gasteiger charge is -2.03. The van der Waals surface area contributed by atoms with Crippen LogP contribution in [0.2, 0.25) is 0 Å². The molecule has 0 saturated carbocycles. The first-order valence-corrected chi connectivity index (χ1v) is 4.73. The number of ether oxygens (including phenoxy) is 1. The smallest absolute Gasteiger partial charge is 0.250 e. The zero-order chi connectivity index (χ0) is 11.5. The van der Waals surface area contributed by atoms with E-state index in [0.717, 1.165) is 11.0 Å². The van der Waals surface area contributed by atoms with Gasteiger partial charge in [-0.2, -0.15) is 0 Å². The topological polar surface area (TPSA) is 93.0 Å². The van der Waals surface area contributed by atoms with Gasteiger partial charge in [-0.3, -0.25) is 4.79 Å². The second-order valence-corrected chi connectivity index (χ2v) is 3.34. The van der Waals surface area contributed by atoms with Gasteiger partial charge in [0, 0.05) is 12.8 Å². The molecule has 16 heavy (non-hydrogen) atoms. The first-order valence-electron chi connectivity index (χ1n) is 4.73. The van der Waals surface area contributed by atoms with E-state index in [1.807, 2.05) is 0 Å². The lowest BCUT2D eigenvalue weighted by atomic mass is 10.3. The number of fused-ring (bicyclic) bond motifs is 1. The van der Waals surface area contributed by atoms with Gasteiger partial charge >= 0.3 is 0 Å². The molecule has 0 unspecified atom stereocenters. The van der Waals surface area contributed by atoms with Crippen molar-refractivity contribution in [3.8, 4) is 0 Å². The van der Waals surface area contributed by atoms with Crippen molar-refractivity contribution < 1.29 is 9.53 Å². The fraction of sp³-hybridized carbons (Fsp3) is 0.200. The Balaban J connectivity index is 2.22. The number of methoxy groups -OCH3 is 1. The van der Waals surface area contributed by atoms with E-state index in [2.05, 4.69) is 15.3 Å². The summed E-state index contributed by atoms with van der Waals surface area (Å²) in [5, 5.41) is 2.69. The van der Waals surface area contributed by atoms with Crippen LogP contribution in [0.15, 0.2) is 18.2 Å². The number of hydrogen-bond acceptors (Lipinski definition) is 4. The number of rotatable bonds is 3. The maximum absolute atomic E-state index is 11.3. The Hall–Kier alpha value is -2.08. The number of carbonyl (C=O) groups excluding carboxylic acids is 1. The Labute approximate surface area is 91.8 Å².